The third kappa shape index (κ3) is 4.37. The molecule has 0 aliphatic carbocycles. The summed E-state index contributed by atoms with van der Waals surface area (Å²) in [5.74, 6) is -0.971. The van der Waals surface area contributed by atoms with Crippen molar-refractivity contribution in [1.82, 2.24) is 9.88 Å². The minimum Gasteiger partial charge on any atom is -0.448 e. The Kier molecular flexibility index (Phi) is 5.84. The lowest BCUT2D eigenvalue weighted by Gasteiger charge is -2.20. The lowest BCUT2D eigenvalue weighted by Crippen LogP contribution is -2.37. The summed E-state index contributed by atoms with van der Waals surface area (Å²) in [5.41, 5.74) is 0.192. The quantitative estimate of drug-likeness (QED) is 0.749. The molecule has 0 bridgehead atoms. The van der Waals surface area contributed by atoms with Crippen molar-refractivity contribution in [2.45, 2.75) is 19.4 Å². The first-order chi connectivity index (χ1) is 11.0. The number of hydrogen-bond acceptors (Lipinski definition) is 7. The van der Waals surface area contributed by atoms with Crippen molar-refractivity contribution in [3.8, 4) is 16.0 Å². The van der Waals surface area contributed by atoms with Crippen molar-refractivity contribution in [2.24, 2.45) is 0 Å². The molecule has 2 heterocycles. The van der Waals surface area contributed by atoms with Crippen LogP contribution in [-0.2, 0) is 9.53 Å². The van der Waals surface area contributed by atoms with Gasteiger partial charge in [0, 0.05) is 19.0 Å². The Bertz CT molecular complexity index is 719. The average Bonchev–Trinajstić information content (AvgIpc) is 3.21. The SMILES string of the molecule is C[C@@H](OC(=O)c1csc(-c2cccs2)n1)C(=O)N(C)CCC#N. The number of rotatable bonds is 6. The van der Waals surface area contributed by atoms with Gasteiger partial charge in [-0.05, 0) is 18.4 Å². The standard InChI is InChI=1S/C15H15N3O3S2/c1-10(14(19)18(2)7-4-6-16)21-15(20)11-9-23-13(17-11)12-5-3-8-22-12/h3,5,8-10H,4,7H2,1-2H3/t10-/m1/s1. The van der Waals surface area contributed by atoms with E-state index in [9.17, 15) is 9.59 Å². The molecule has 0 radical (unpaired) electrons. The topological polar surface area (TPSA) is 83.3 Å². The lowest BCUT2D eigenvalue weighted by molar-refractivity contribution is -0.138. The number of carbonyl (C=O) groups excluding carboxylic acids is 2. The molecule has 2 aromatic rings. The second kappa shape index (κ2) is 7.85. The summed E-state index contributed by atoms with van der Waals surface area (Å²) in [7, 11) is 1.57. The van der Waals surface area contributed by atoms with Crippen LogP contribution in [0.4, 0.5) is 0 Å². The average molecular weight is 349 g/mol. The van der Waals surface area contributed by atoms with E-state index < -0.39 is 12.1 Å². The Morgan fingerprint density at radius 2 is 2.26 bits per heavy atom. The van der Waals surface area contributed by atoms with Gasteiger partial charge >= 0.3 is 5.97 Å². The van der Waals surface area contributed by atoms with Crippen LogP contribution < -0.4 is 0 Å². The monoisotopic (exact) mass is 349 g/mol. The Balaban J connectivity index is 1.96. The highest BCUT2D eigenvalue weighted by Crippen LogP contribution is 2.28. The molecule has 0 fully saturated rings. The van der Waals surface area contributed by atoms with E-state index in [1.54, 1.807) is 23.8 Å². The number of ether oxygens (including phenoxy) is 1. The molecular formula is C15H15N3O3S2. The number of aromatic nitrogens is 1. The van der Waals surface area contributed by atoms with Crippen LogP contribution in [0.15, 0.2) is 22.9 Å². The third-order valence-electron chi connectivity index (χ3n) is 3.01. The smallest absolute Gasteiger partial charge is 0.358 e. The number of esters is 1. The van der Waals surface area contributed by atoms with Crippen LogP contribution in [0.25, 0.3) is 9.88 Å². The minimum absolute atomic E-state index is 0.192. The van der Waals surface area contributed by atoms with Crippen molar-refractivity contribution >= 4 is 34.6 Å². The van der Waals surface area contributed by atoms with E-state index in [1.165, 1.54) is 23.2 Å². The van der Waals surface area contributed by atoms with E-state index in [4.69, 9.17) is 10.00 Å². The largest absolute Gasteiger partial charge is 0.448 e. The van der Waals surface area contributed by atoms with Gasteiger partial charge < -0.3 is 9.64 Å². The molecule has 8 heteroatoms. The maximum Gasteiger partial charge on any atom is 0.358 e. The molecule has 0 saturated carbocycles. The Morgan fingerprint density at radius 3 is 2.91 bits per heavy atom. The molecule has 0 aliphatic rings. The predicted molar refractivity (Wildman–Crippen MR) is 88.2 cm³/mol. The van der Waals surface area contributed by atoms with Crippen molar-refractivity contribution in [3.63, 3.8) is 0 Å². The number of nitrogens with zero attached hydrogens (tertiary/aromatic N) is 3. The summed E-state index contributed by atoms with van der Waals surface area (Å²) >= 11 is 2.90. The molecule has 2 aromatic heterocycles. The zero-order valence-corrected chi connectivity index (χ0v) is 14.3. The van der Waals surface area contributed by atoms with Crippen LogP contribution in [0.2, 0.25) is 0 Å². The van der Waals surface area contributed by atoms with Gasteiger partial charge in [-0.2, -0.15) is 5.26 Å². The van der Waals surface area contributed by atoms with E-state index >= 15 is 0 Å². The molecule has 0 saturated heterocycles. The maximum atomic E-state index is 12.1. The fourth-order valence-electron chi connectivity index (χ4n) is 1.79. The molecule has 6 nitrogen and oxygen atoms in total. The van der Waals surface area contributed by atoms with Gasteiger partial charge in [-0.25, -0.2) is 9.78 Å². The minimum atomic E-state index is -0.918. The number of likely N-dealkylation sites (N-methyl/N-ethyl adjacent to an activating group) is 1. The van der Waals surface area contributed by atoms with Crippen LogP contribution in [0.1, 0.15) is 23.8 Å². The Morgan fingerprint density at radius 1 is 1.48 bits per heavy atom. The van der Waals surface area contributed by atoms with Gasteiger partial charge in [0.05, 0.1) is 17.4 Å². The first-order valence-corrected chi connectivity index (χ1v) is 8.61. The molecule has 0 unspecified atom stereocenters. The highest BCUT2D eigenvalue weighted by atomic mass is 32.1. The van der Waals surface area contributed by atoms with Gasteiger partial charge in [0.15, 0.2) is 11.8 Å². The molecular weight excluding hydrogens is 334 g/mol. The number of nitriles is 1. The summed E-state index contributed by atoms with van der Waals surface area (Å²) in [6, 6.07) is 5.81. The predicted octanol–water partition coefficient (Wildman–Crippen LogP) is 2.79. The Labute approximate surface area is 141 Å². The first kappa shape index (κ1) is 17.1. The normalized spacial score (nSPS) is 11.5. The fourth-order valence-corrected chi connectivity index (χ4v) is 3.39. The van der Waals surface area contributed by atoms with Gasteiger partial charge in [0.25, 0.3) is 5.91 Å². The van der Waals surface area contributed by atoms with Crippen molar-refractivity contribution in [2.75, 3.05) is 13.6 Å². The molecule has 0 spiro atoms. The van der Waals surface area contributed by atoms with Crippen LogP contribution in [0.3, 0.4) is 0 Å². The maximum absolute atomic E-state index is 12.1. The van der Waals surface area contributed by atoms with Crippen molar-refractivity contribution < 1.29 is 14.3 Å². The zero-order chi connectivity index (χ0) is 16.8. The van der Waals surface area contributed by atoms with E-state index in [-0.39, 0.29) is 18.0 Å². The van der Waals surface area contributed by atoms with Gasteiger partial charge in [-0.1, -0.05) is 6.07 Å². The van der Waals surface area contributed by atoms with Crippen LogP contribution in [0, 0.1) is 11.3 Å². The van der Waals surface area contributed by atoms with E-state index in [2.05, 4.69) is 4.98 Å². The summed E-state index contributed by atoms with van der Waals surface area (Å²) in [4.78, 5) is 30.7. The summed E-state index contributed by atoms with van der Waals surface area (Å²) < 4.78 is 5.16. The summed E-state index contributed by atoms with van der Waals surface area (Å²) in [6.45, 7) is 1.81. The second-order valence-electron chi connectivity index (χ2n) is 4.73. The Hall–Kier alpha value is -2.24. The number of amides is 1. The number of hydrogen-bond donors (Lipinski definition) is 0. The second-order valence-corrected chi connectivity index (χ2v) is 6.54. The van der Waals surface area contributed by atoms with E-state index in [0.29, 0.717) is 6.54 Å². The van der Waals surface area contributed by atoms with Crippen LogP contribution in [-0.4, -0.2) is 41.5 Å². The van der Waals surface area contributed by atoms with Gasteiger partial charge in [0.2, 0.25) is 0 Å². The molecule has 0 aliphatic heterocycles. The summed E-state index contributed by atoms with van der Waals surface area (Å²) in [6.07, 6.45) is -0.683. The van der Waals surface area contributed by atoms with Crippen molar-refractivity contribution in [3.05, 3.63) is 28.6 Å². The van der Waals surface area contributed by atoms with Gasteiger partial charge in [-0.15, -0.1) is 22.7 Å². The fraction of sp³-hybridized carbons (Fsp3) is 0.333. The molecule has 120 valence electrons. The highest BCUT2D eigenvalue weighted by Gasteiger charge is 2.23. The third-order valence-corrected chi connectivity index (χ3v) is 4.89. The lowest BCUT2D eigenvalue weighted by atomic mass is 10.3. The molecule has 0 aromatic carbocycles. The molecule has 0 N–H and O–H groups in total. The number of carbonyl (C=O) groups is 2. The molecule has 1 amide bonds. The van der Waals surface area contributed by atoms with Crippen LogP contribution in [0.5, 0.6) is 0 Å². The van der Waals surface area contributed by atoms with E-state index in [1.807, 2.05) is 23.6 Å². The first-order valence-electron chi connectivity index (χ1n) is 6.85. The number of thiophene rings is 1. The number of thiazole rings is 1. The van der Waals surface area contributed by atoms with Crippen molar-refractivity contribution in [1.29, 1.82) is 5.26 Å². The van der Waals surface area contributed by atoms with E-state index in [0.717, 1.165) is 9.88 Å². The molecule has 1 atom stereocenters. The highest BCUT2D eigenvalue weighted by molar-refractivity contribution is 7.20. The summed E-state index contributed by atoms with van der Waals surface area (Å²) in [5, 5.41) is 12.8. The molecule has 23 heavy (non-hydrogen) atoms. The zero-order valence-electron chi connectivity index (χ0n) is 12.7. The van der Waals surface area contributed by atoms with Crippen LogP contribution >= 0.6 is 22.7 Å². The molecule has 2 rings (SSSR count). The van der Waals surface area contributed by atoms with Gasteiger partial charge in [0.1, 0.15) is 5.01 Å². The van der Waals surface area contributed by atoms with Gasteiger partial charge in [-0.3, -0.25) is 4.79 Å².